The van der Waals surface area contributed by atoms with Crippen LogP contribution in [0.15, 0.2) is 60.7 Å². The molecule has 0 saturated carbocycles. The van der Waals surface area contributed by atoms with E-state index >= 15 is 0 Å². The second-order valence-electron chi connectivity index (χ2n) is 13.8. The van der Waals surface area contributed by atoms with Crippen molar-refractivity contribution in [3.8, 4) is 0 Å². The zero-order valence-electron chi connectivity index (χ0n) is 30.8. The van der Waals surface area contributed by atoms with Gasteiger partial charge in [0.25, 0.3) is 0 Å². The van der Waals surface area contributed by atoms with Crippen LogP contribution in [0.3, 0.4) is 0 Å². The summed E-state index contributed by atoms with van der Waals surface area (Å²) in [5.74, 6) is 0. The first-order chi connectivity index (χ1) is 21.4. The minimum Gasteiger partial charge on any atom is -1.00 e. The quantitative estimate of drug-likeness (QED) is 0.0958. The molecule has 0 spiro atoms. The van der Waals surface area contributed by atoms with Gasteiger partial charge in [0.15, 0.2) is 6.10 Å². The van der Waals surface area contributed by atoms with Gasteiger partial charge in [-0.05, 0) is 41.0 Å². The molecular formula is C41H72Cl2N2O. The average molecular weight is 680 g/mol. The van der Waals surface area contributed by atoms with Gasteiger partial charge < -0.3 is 38.5 Å². The SMILES string of the molecule is CCCCCCCCCCCCCCC(C)OC(C[N+](CC)(CC)Cc1ccccc1)C[N+](CC)(CC)Cc1ccccc1.[Cl-].[Cl-]. The number of quaternary nitrogens is 2. The molecule has 266 valence electrons. The van der Waals surface area contributed by atoms with Crippen LogP contribution in [0.1, 0.15) is 136 Å². The number of hydrogen-bond acceptors (Lipinski definition) is 1. The fourth-order valence-electron chi connectivity index (χ4n) is 7.16. The smallest absolute Gasteiger partial charge is 0.155 e. The van der Waals surface area contributed by atoms with Gasteiger partial charge in [0.1, 0.15) is 26.2 Å². The number of halogens is 2. The van der Waals surface area contributed by atoms with Crippen LogP contribution in [0, 0.1) is 0 Å². The van der Waals surface area contributed by atoms with Gasteiger partial charge >= 0.3 is 0 Å². The van der Waals surface area contributed by atoms with E-state index in [1.54, 1.807) is 0 Å². The maximum absolute atomic E-state index is 7.11. The minimum atomic E-state index is 0. The Morgan fingerprint density at radius 3 is 1.20 bits per heavy atom. The number of rotatable bonds is 27. The van der Waals surface area contributed by atoms with Crippen LogP contribution >= 0.6 is 0 Å². The first-order valence-corrected chi connectivity index (χ1v) is 18.9. The van der Waals surface area contributed by atoms with Crippen LogP contribution in [0.5, 0.6) is 0 Å². The average Bonchev–Trinajstić information content (AvgIpc) is 3.05. The van der Waals surface area contributed by atoms with Gasteiger partial charge in [-0.25, -0.2) is 0 Å². The molecule has 0 aliphatic carbocycles. The third-order valence-electron chi connectivity index (χ3n) is 10.5. The maximum atomic E-state index is 7.11. The van der Waals surface area contributed by atoms with Crippen LogP contribution in [-0.4, -0.2) is 60.4 Å². The van der Waals surface area contributed by atoms with E-state index in [2.05, 4.69) is 102 Å². The van der Waals surface area contributed by atoms with Gasteiger partial charge in [0.2, 0.25) is 0 Å². The number of ether oxygens (including phenoxy) is 1. The second kappa shape index (κ2) is 26.8. The fourth-order valence-corrected chi connectivity index (χ4v) is 7.16. The van der Waals surface area contributed by atoms with Gasteiger partial charge in [-0.3, -0.25) is 0 Å². The van der Waals surface area contributed by atoms with Crippen molar-refractivity contribution in [3.05, 3.63) is 71.8 Å². The summed E-state index contributed by atoms with van der Waals surface area (Å²) in [4.78, 5) is 0. The molecule has 0 heterocycles. The maximum Gasteiger partial charge on any atom is 0.155 e. The largest absolute Gasteiger partial charge is 1.00 e. The zero-order valence-corrected chi connectivity index (χ0v) is 32.3. The first kappa shape index (κ1) is 44.9. The highest BCUT2D eigenvalue weighted by atomic mass is 35.5. The summed E-state index contributed by atoms with van der Waals surface area (Å²) in [6.45, 7) is 23.0. The van der Waals surface area contributed by atoms with Crippen LogP contribution in [0.4, 0.5) is 0 Å². The third-order valence-corrected chi connectivity index (χ3v) is 10.5. The topological polar surface area (TPSA) is 9.23 Å². The number of nitrogens with zero attached hydrogens (tertiary/aromatic N) is 2. The molecule has 0 radical (unpaired) electrons. The van der Waals surface area contributed by atoms with Gasteiger partial charge in [-0.2, -0.15) is 0 Å². The van der Waals surface area contributed by atoms with E-state index in [0.717, 1.165) is 61.3 Å². The Bertz CT molecular complexity index is 874. The van der Waals surface area contributed by atoms with E-state index in [0.29, 0.717) is 6.10 Å². The monoisotopic (exact) mass is 679 g/mol. The Morgan fingerprint density at radius 2 is 0.848 bits per heavy atom. The lowest BCUT2D eigenvalue weighted by Gasteiger charge is -2.44. The molecule has 2 aromatic carbocycles. The molecular weight excluding hydrogens is 607 g/mol. The van der Waals surface area contributed by atoms with Crippen LogP contribution < -0.4 is 24.8 Å². The third kappa shape index (κ3) is 17.9. The summed E-state index contributed by atoms with van der Waals surface area (Å²) in [7, 11) is 0. The van der Waals surface area contributed by atoms with Crippen LogP contribution in [0.25, 0.3) is 0 Å². The van der Waals surface area contributed by atoms with Crippen molar-refractivity contribution in [2.45, 2.75) is 150 Å². The van der Waals surface area contributed by atoms with Crippen LogP contribution in [0.2, 0.25) is 0 Å². The Labute approximate surface area is 298 Å². The molecule has 0 N–H and O–H groups in total. The van der Waals surface area contributed by atoms with Crippen molar-refractivity contribution in [1.82, 2.24) is 0 Å². The van der Waals surface area contributed by atoms with Crippen molar-refractivity contribution in [3.63, 3.8) is 0 Å². The van der Waals surface area contributed by atoms with Crippen molar-refractivity contribution in [1.29, 1.82) is 0 Å². The van der Waals surface area contributed by atoms with Crippen molar-refractivity contribution < 1.29 is 38.5 Å². The van der Waals surface area contributed by atoms with E-state index in [-0.39, 0.29) is 30.9 Å². The lowest BCUT2D eigenvalue weighted by Crippen LogP contribution is -3.00. The Hall–Kier alpha value is -1.10. The predicted octanol–water partition coefficient (Wildman–Crippen LogP) is 4.97. The lowest BCUT2D eigenvalue weighted by atomic mass is 10.0. The lowest BCUT2D eigenvalue weighted by molar-refractivity contribution is -0.960. The fraction of sp³-hybridized carbons (Fsp3) is 0.707. The number of unbranched alkanes of at least 4 members (excludes halogenated alkanes) is 11. The molecule has 0 saturated heterocycles. The number of hydrogen-bond donors (Lipinski definition) is 0. The summed E-state index contributed by atoms with van der Waals surface area (Å²) in [5, 5.41) is 0. The molecule has 5 heteroatoms. The van der Waals surface area contributed by atoms with E-state index in [1.807, 2.05) is 0 Å². The van der Waals surface area contributed by atoms with Crippen molar-refractivity contribution in [2.75, 3.05) is 39.3 Å². The number of benzene rings is 2. The summed E-state index contributed by atoms with van der Waals surface area (Å²) in [5.41, 5.74) is 2.88. The highest BCUT2D eigenvalue weighted by Crippen LogP contribution is 2.23. The highest BCUT2D eigenvalue weighted by Gasteiger charge is 2.36. The standard InChI is InChI=1S/C41H72N2O.2ClH/c1-7-12-13-14-15-16-17-18-19-20-21-24-29-38(6)44-41(36-42(8-2,9-3)34-39-30-25-22-26-31-39)37-43(10-4,11-5)35-40-32-27-23-28-33-40;;/h22-23,25-28,30-33,38,41H,7-21,24,29,34-37H2,1-6H3;2*1H/q+2;;/p-2. The molecule has 2 aromatic rings. The molecule has 0 fully saturated rings. The minimum absolute atomic E-state index is 0. The van der Waals surface area contributed by atoms with E-state index in [1.165, 1.54) is 94.6 Å². The molecule has 0 bridgehead atoms. The summed E-state index contributed by atoms with van der Waals surface area (Å²) < 4.78 is 9.28. The summed E-state index contributed by atoms with van der Waals surface area (Å²) in [6, 6.07) is 22.2. The molecule has 0 aliphatic heterocycles. The summed E-state index contributed by atoms with van der Waals surface area (Å²) >= 11 is 0. The zero-order chi connectivity index (χ0) is 31.9. The molecule has 1 atom stereocenters. The Morgan fingerprint density at radius 1 is 0.500 bits per heavy atom. The molecule has 0 amide bonds. The van der Waals surface area contributed by atoms with E-state index in [4.69, 9.17) is 4.74 Å². The molecule has 0 aromatic heterocycles. The van der Waals surface area contributed by atoms with Gasteiger partial charge in [-0.1, -0.05) is 145 Å². The Balaban J connectivity index is 0.0000101. The normalized spacial score (nSPS) is 12.5. The molecule has 3 nitrogen and oxygen atoms in total. The number of likely N-dealkylation sites (N-methyl/N-ethyl adjacent to an activating group) is 2. The van der Waals surface area contributed by atoms with E-state index < -0.39 is 0 Å². The first-order valence-electron chi connectivity index (χ1n) is 18.9. The van der Waals surface area contributed by atoms with Crippen LogP contribution in [-0.2, 0) is 17.8 Å². The highest BCUT2D eigenvalue weighted by molar-refractivity contribution is 5.14. The molecule has 1 unspecified atom stereocenters. The second-order valence-corrected chi connectivity index (χ2v) is 13.8. The van der Waals surface area contributed by atoms with Crippen molar-refractivity contribution >= 4 is 0 Å². The van der Waals surface area contributed by atoms with Gasteiger partial charge in [0.05, 0.1) is 32.3 Å². The molecule has 46 heavy (non-hydrogen) atoms. The predicted molar refractivity (Wildman–Crippen MR) is 193 cm³/mol. The Kier molecular flexibility index (Phi) is 26.2. The van der Waals surface area contributed by atoms with E-state index in [9.17, 15) is 0 Å². The van der Waals surface area contributed by atoms with Gasteiger partial charge in [-0.15, -0.1) is 0 Å². The van der Waals surface area contributed by atoms with Crippen molar-refractivity contribution in [2.24, 2.45) is 0 Å². The summed E-state index contributed by atoms with van der Waals surface area (Å²) in [6.07, 6.45) is 18.6. The molecule has 0 aliphatic rings. The molecule has 2 rings (SSSR count). The van der Waals surface area contributed by atoms with Gasteiger partial charge in [0, 0.05) is 11.1 Å².